The Morgan fingerprint density at radius 1 is 0.963 bits per heavy atom. The molecule has 7 nitrogen and oxygen atoms in total. The summed E-state index contributed by atoms with van der Waals surface area (Å²) in [5.41, 5.74) is 1.32. The van der Waals surface area contributed by atoms with Crippen molar-refractivity contribution in [1.29, 1.82) is 0 Å². The second kappa shape index (κ2) is 8.24. The third-order valence-electron chi connectivity index (χ3n) is 3.42. The van der Waals surface area contributed by atoms with Crippen LogP contribution in [0.1, 0.15) is 27.6 Å². The maximum absolute atomic E-state index is 12.3. The summed E-state index contributed by atoms with van der Waals surface area (Å²) in [6.45, 7) is 1.29. The highest BCUT2D eigenvalue weighted by Crippen LogP contribution is 2.17. The van der Waals surface area contributed by atoms with Gasteiger partial charge in [0.15, 0.2) is 5.13 Å². The molecule has 0 unspecified atom stereocenters. The number of rotatable bonds is 5. The molecule has 0 saturated carbocycles. The lowest BCUT2D eigenvalue weighted by Gasteiger charge is -2.08. The van der Waals surface area contributed by atoms with Crippen molar-refractivity contribution >= 4 is 39.9 Å². The molecule has 2 aromatic carbocycles. The van der Waals surface area contributed by atoms with Crippen LogP contribution in [-0.4, -0.2) is 22.8 Å². The highest BCUT2D eigenvalue weighted by Gasteiger charge is 2.10. The normalized spacial score (nSPS) is 10.1. The van der Waals surface area contributed by atoms with E-state index in [0.29, 0.717) is 27.7 Å². The molecule has 2 amide bonds. The van der Waals surface area contributed by atoms with Crippen LogP contribution in [0.3, 0.4) is 0 Å². The molecular weight excluding hydrogens is 366 g/mol. The summed E-state index contributed by atoms with van der Waals surface area (Å²) in [7, 11) is 0. The first-order valence-electron chi connectivity index (χ1n) is 7.92. The Kier molecular flexibility index (Phi) is 5.58. The third-order valence-corrected chi connectivity index (χ3v) is 4.10. The van der Waals surface area contributed by atoms with Gasteiger partial charge in [-0.2, -0.15) is 0 Å². The van der Waals surface area contributed by atoms with Crippen molar-refractivity contribution in [2.75, 3.05) is 10.6 Å². The van der Waals surface area contributed by atoms with E-state index < -0.39 is 5.97 Å². The first-order valence-corrected chi connectivity index (χ1v) is 8.80. The van der Waals surface area contributed by atoms with Crippen LogP contribution in [0.4, 0.5) is 10.8 Å². The smallest absolute Gasteiger partial charge is 0.308 e. The molecule has 0 atom stereocenters. The summed E-state index contributed by atoms with van der Waals surface area (Å²) in [5.74, 6) is -0.801. The van der Waals surface area contributed by atoms with Gasteiger partial charge in [-0.1, -0.05) is 6.07 Å². The number of esters is 1. The van der Waals surface area contributed by atoms with Crippen molar-refractivity contribution in [3.63, 3.8) is 0 Å². The van der Waals surface area contributed by atoms with Crippen LogP contribution in [-0.2, 0) is 4.79 Å². The number of carbonyl (C=O) groups is 3. The zero-order valence-corrected chi connectivity index (χ0v) is 15.1. The molecule has 1 aromatic heterocycles. The molecule has 0 fully saturated rings. The molecule has 0 bridgehead atoms. The molecule has 0 aliphatic heterocycles. The van der Waals surface area contributed by atoms with Gasteiger partial charge in [0.1, 0.15) is 5.75 Å². The highest BCUT2D eigenvalue weighted by atomic mass is 32.1. The number of hydrogen-bond acceptors (Lipinski definition) is 6. The molecule has 0 spiro atoms. The van der Waals surface area contributed by atoms with Crippen molar-refractivity contribution < 1.29 is 19.1 Å². The van der Waals surface area contributed by atoms with Gasteiger partial charge in [-0.15, -0.1) is 11.3 Å². The molecule has 136 valence electrons. The molecule has 8 heteroatoms. The molecular formula is C19H15N3O4S. The molecule has 1 heterocycles. The third kappa shape index (κ3) is 4.99. The molecule has 2 N–H and O–H groups in total. The van der Waals surface area contributed by atoms with Gasteiger partial charge in [0.25, 0.3) is 11.8 Å². The van der Waals surface area contributed by atoms with Crippen LogP contribution in [0.5, 0.6) is 5.75 Å². The number of aromatic nitrogens is 1. The lowest BCUT2D eigenvalue weighted by atomic mass is 10.1. The second-order valence-corrected chi connectivity index (χ2v) is 6.34. The average Bonchev–Trinajstić information content (AvgIpc) is 3.15. The Labute approximate surface area is 159 Å². The van der Waals surface area contributed by atoms with E-state index in [-0.39, 0.29) is 11.8 Å². The fourth-order valence-electron chi connectivity index (χ4n) is 2.23. The van der Waals surface area contributed by atoms with Crippen LogP contribution < -0.4 is 15.4 Å². The summed E-state index contributed by atoms with van der Waals surface area (Å²) in [6.07, 6.45) is 1.61. The largest absolute Gasteiger partial charge is 0.427 e. The summed E-state index contributed by atoms with van der Waals surface area (Å²) in [6, 6.07) is 12.8. The van der Waals surface area contributed by atoms with Crippen molar-refractivity contribution in [2.24, 2.45) is 0 Å². The quantitative estimate of drug-likeness (QED) is 0.520. The number of amides is 2. The van der Waals surface area contributed by atoms with Gasteiger partial charge in [0.2, 0.25) is 0 Å². The first-order chi connectivity index (χ1) is 13.0. The molecule has 0 aliphatic rings. The molecule has 0 saturated heterocycles. The lowest BCUT2D eigenvalue weighted by molar-refractivity contribution is -0.131. The molecule has 0 aliphatic carbocycles. The van der Waals surface area contributed by atoms with Crippen molar-refractivity contribution in [3.8, 4) is 5.75 Å². The van der Waals surface area contributed by atoms with Gasteiger partial charge in [-0.3, -0.25) is 19.7 Å². The van der Waals surface area contributed by atoms with Crippen molar-refractivity contribution in [3.05, 3.63) is 71.2 Å². The van der Waals surface area contributed by atoms with Gasteiger partial charge < -0.3 is 10.1 Å². The van der Waals surface area contributed by atoms with Crippen LogP contribution in [0.25, 0.3) is 0 Å². The Morgan fingerprint density at radius 2 is 1.70 bits per heavy atom. The van der Waals surface area contributed by atoms with E-state index >= 15 is 0 Å². The molecule has 3 aromatic rings. The number of carbonyl (C=O) groups excluding carboxylic acids is 3. The van der Waals surface area contributed by atoms with Crippen LogP contribution in [0.2, 0.25) is 0 Å². The van der Waals surface area contributed by atoms with Gasteiger partial charge >= 0.3 is 5.97 Å². The van der Waals surface area contributed by atoms with Crippen LogP contribution in [0, 0.1) is 0 Å². The zero-order chi connectivity index (χ0) is 19.2. The number of nitrogens with one attached hydrogen (secondary N) is 2. The fourth-order valence-corrected chi connectivity index (χ4v) is 2.75. The summed E-state index contributed by atoms with van der Waals surface area (Å²) in [4.78, 5) is 39.5. The number of benzene rings is 2. The minimum atomic E-state index is -0.459. The summed E-state index contributed by atoms with van der Waals surface area (Å²) in [5, 5.41) is 7.70. The SMILES string of the molecule is CC(=O)Oc1cccc(C(=O)Nc2ccc(C(=O)Nc3nccs3)cc2)c1. The Hall–Kier alpha value is -3.52. The highest BCUT2D eigenvalue weighted by molar-refractivity contribution is 7.13. The van der Waals surface area contributed by atoms with Gasteiger partial charge in [0.05, 0.1) is 0 Å². The maximum Gasteiger partial charge on any atom is 0.308 e. The Morgan fingerprint density at radius 3 is 2.37 bits per heavy atom. The summed E-state index contributed by atoms with van der Waals surface area (Å²) >= 11 is 1.33. The van der Waals surface area contributed by atoms with E-state index in [9.17, 15) is 14.4 Å². The standard InChI is InChI=1S/C19H15N3O4S/c1-12(23)26-16-4-2-3-14(11-16)18(25)21-15-7-5-13(6-8-15)17(24)22-19-20-9-10-27-19/h2-11H,1H3,(H,21,25)(H,20,22,24). The number of hydrogen-bond donors (Lipinski definition) is 2. The predicted molar refractivity (Wildman–Crippen MR) is 102 cm³/mol. The first kappa shape index (κ1) is 18.3. The monoisotopic (exact) mass is 381 g/mol. The van der Waals surface area contributed by atoms with Crippen molar-refractivity contribution in [1.82, 2.24) is 4.98 Å². The molecule has 27 heavy (non-hydrogen) atoms. The maximum atomic E-state index is 12.3. The zero-order valence-electron chi connectivity index (χ0n) is 14.3. The number of ether oxygens (including phenoxy) is 1. The lowest BCUT2D eigenvalue weighted by Crippen LogP contribution is -2.14. The van der Waals surface area contributed by atoms with Gasteiger partial charge in [-0.25, -0.2) is 4.98 Å². The number of anilines is 2. The van der Waals surface area contributed by atoms with Gasteiger partial charge in [-0.05, 0) is 42.5 Å². The Balaban J connectivity index is 1.65. The molecule has 3 rings (SSSR count). The second-order valence-electron chi connectivity index (χ2n) is 5.44. The Bertz CT molecular complexity index is 969. The number of thiazole rings is 1. The van der Waals surface area contributed by atoms with Crippen molar-refractivity contribution in [2.45, 2.75) is 6.92 Å². The van der Waals surface area contributed by atoms with E-state index in [4.69, 9.17) is 4.74 Å². The average molecular weight is 381 g/mol. The van der Waals surface area contributed by atoms with Gasteiger partial charge in [0, 0.05) is 35.3 Å². The fraction of sp³-hybridized carbons (Fsp3) is 0.0526. The number of nitrogens with zero attached hydrogens (tertiary/aromatic N) is 1. The van der Waals surface area contributed by atoms with E-state index in [2.05, 4.69) is 15.6 Å². The van der Waals surface area contributed by atoms with Crippen LogP contribution in [0.15, 0.2) is 60.1 Å². The van der Waals surface area contributed by atoms with E-state index in [1.54, 1.807) is 54.0 Å². The molecule has 0 radical (unpaired) electrons. The summed E-state index contributed by atoms with van der Waals surface area (Å²) < 4.78 is 4.97. The predicted octanol–water partition coefficient (Wildman–Crippen LogP) is 3.57. The topological polar surface area (TPSA) is 97.4 Å². The van der Waals surface area contributed by atoms with Crippen LogP contribution >= 0.6 is 11.3 Å². The van der Waals surface area contributed by atoms with E-state index in [1.807, 2.05) is 0 Å². The van der Waals surface area contributed by atoms with E-state index in [0.717, 1.165) is 0 Å². The minimum Gasteiger partial charge on any atom is -0.427 e. The minimum absolute atomic E-state index is 0.281. The van der Waals surface area contributed by atoms with E-state index in [1.165, 1.54) is 24.3 Å².